The summed E-state index contributed by atoms with van der Waals surface area (Å²) >= 11 is 7.30. The molecule has 2 aromatic rings. The maximum absolute atomic E-state index is 11.8. The van der Waals surface area contributed by atoms with Crippen LogP contribution in [0.1, 0.15) is 33.3 Å². The summed E-state index contributed by atoms with van der Waals surface area (Å²) in [6, 6.07) is 8.97. The number of hydrogen-bond donors (Lipinski definition) is 2. The number of halogens is 1. The number of amides is 1. The molecule has 0 fully saturated rings. The Morgan fingerprint density at radius 1 is 1.45 bits per heavy atom. The number of hydrogen-bond acceptors (Lipinski definition) is 3. The summed E-state index contributed by atoms with van der Waals surface area (Å²) in [7, 11) is 0. The number of nitrogens with one attached hydrogen (secondary N) is 1. The van der Waals surface area contributed by atoms with Crippen LogP contribution in [0.5, 0.6) is 0 Å². The highest BCUT2D eigenvalue weighted by Gasteiger charge is 2.10. The van der Waals surface area contributed by atoms with Crippen molar-refractivity contribution in [3.8, 4) is 0 Å². The third kappa shape index (κ3) is 4.07. The highest BCUT2D eigenvalue weighted by atomic mass is 35.5. The fraction of sp³-hybridized carbons (Fsp3) is 0.267. The lowest BCUT2D eigenvalue weighted by Crippen LogP contribution is -2.24. The van der Waals surface area contributed by atoms with E-state index in [1.54, 1.807) is 18.2 Å². The van der Waals surface area contributed by atoms with Crippen LogP contribution in [0.15, 0.2) is 35.7 Å². The van der Waals surface area contributed by atoms with Crippen molar-refractivity contribution < 1.29 is 9.90 Å². The topological polar surface area (TPSA) is 49.3 Å². The van der Waals surface area contributed by atoms with Gasteiger partial charge in [0.25, 0.3) is 5.91 Å². The van der Waals surface area contributed by atoms with E-state index in [0.717, 1.165) is 11.1 Å². The van der Waals surface area contributed by atoms with E-state index >= 15 is 0 Å². The van der Waals surface area contributed by atoms with E-state index < -0.39 is 6.10 Å². The van der Waals surface area contributed by atoms with E-state index in [4.69, 9.17) is 11.6 Å². The summed E-state index contributed by atoms with van der Waals surface area (Å²) in [4.78, 5) is 12.5. The maximum Gasteiger partial charge on any atom is 0.261 e. The molecular weight excluding hydrogens is 294 g/mol. The molecular formula is C15H16ClNO2S. The standard InChI is InChI=1S/C15H16ClNO2S/c1-10-7-14(20-9-10)15(19)17-6-5-13(18)11-3-2-4-12(16)8-11/h2-4,7-9,13,18H,5-6H2,1H3,(H,17,19)/t13-/m0/s1. The lowest BCUT2D eigenvalue weighted by molar-refractivity contribution is 0.0946. The van der Waals surface area contributed by atoms with Gasteiger partial charge in [-0.1, -0.05) is 23.7 Å². The van der Waals surface area contributed by atoms with Gasteiger partial charge in [0.2, 0.25) is 0 Å². The Kier molecular flexibility index (Phi) is 5.17. The molecule has 3 nitrogen and oxygen atoms in total. The molecule has 2 rings (SSSR count). The molecule has 0 aliphatic carbocycles. The van der Waals surface area contributed by atoms with Crippen molar-refractivity contribution >= 4 is 28.8 Å². The zero-order chi connectivity index (χ0) is 14.5. The molecule has 0 saturated heterocycles. The molecule has 0 saturated carbocycles. The summed E-state index contributed by atoms with van der Waals surface area (Å²) in [6.07, 6.45) is -0.171. The van der Waals surface area contributed by atoms with Gasteiger partial charge in [-0.15, -0.1) is 11.3 Å². The Bertz CT molecular complexity index is 597. The van der Waals surface area contributed by atoms with Gasteiger partial charge in [-0.25, -0.2) is 0 Å². The molecule has 1 aromatic carbocycles. The van der Waals surface area contributed by atoms with E-state index in [1.807, 2.05) is 24.4 Å². The van der Waals surface area contributed by atoms with E-state index in [2.05, 4.69) is 5.32 Å². The minimum atomic E-state index is -0.626. The first-order valence-electron chi connectivity index (χ1n) is 6.33. The second-order valence-electron chi connectivity index (χ2n) is 4.60. The molecule has 0 aliphatic heterocycles. The third-order valence-electron chi connectivity index (χ3n) is 2.89. The average molecular weight is 310 g/mol. The van der Waals surface area contributed by atoms with E-state index in [1.165, 1.54) is 11.3 Å². The first-order chi connectivity index (χ1) is 9.56. The van der Waals surface area contributed by atoms with E-state index in [9.17, 15) is 9.90 Å². The van der Waals surface area contributed by atoms with Crippen LogP contribution in [-0.2, 0) is 0 Å². The Morgan fingerprint density at radius 2 is 2.25 bits per heavy atom. The largest absolute Gasteiger partial charge is 0.388 e. The average Bonchev–Trinajstić information content (AvgIpc) is 2.85. The molecule has 0 bridgehead atoms. The van der Waals surface area contributed by atoms with Gasteiger partial charge < -0.3 is 10.4 Å². The van der Waals surface area contributed by atoms with Crippen LogP contribution in [0, 0.1) is 6.92 Å². The minimum Gasteiger partial charge on any atom is -0.388 e. The Labute approximate surface area is 127 Å². The van der Waals surface area contributed by atoms with Crippen molar-refractivity contribution in [2.24, 2.45) is 0 Å². The second kappa shape index (κ2) is 6.88. The Hall–Kier alpha value is -1.36. The van der Waals surface area contributed by atoms with Gasteiger partial charge in [-0.2, -0.15) is 0 Å². The predicted octanol–water partition coefficient (Wildman–Crippen LogP) is 3.56. The van der Waals surface area contributed by atoms with Crippen molar-refractivity contribution in [2.45, 2.75) is 19.4 Å². The van der Waals surface area contributed by atoms with Crippen LogP contribution in [0.4, 0.5) is 0 Å². The molecule has 5 heteroatoms. The summed E-state index contributed by atoms with van der Waals surface area (Å²) in [5.74, 6) is -0.0959. The number of aryl methyl sites for hydroxylation is 1. The molecule has 1 heterocycles. The summed E-state index contributed by atoms with van der Waals surface area (Å²) < 4.78 is 0. The maximum atomic E-state index is 11.8. The fourth-order valence-electron chi connectivity index (χ4n) is 1.84. The SMILES string of the molecule is Cc1csc(C(=O)NCC[C@H](O)c2cccc(Cl)c2)c1. The van der Waals surface area contributed by atoms with Crippen molar-refractivity contribution in [3.63, 3.8) is 0 Å². The highest BCUT2D eigenvalue weighted by Crippen LogP contribution is 2.20. The fourth-order valence-corrected chi connectivity index (χ4v) is 2.85. The van der Waals surface area contributed by atoms with Crippen LogP contribution < -0.4 is 5.32 Å². The van der Waals surface area contributed by atoms with Gasteiger partial charge in [-0.05, 0) is 48.1 Å². The molecule has 1 aromatic heterocycles. The summed E-state index contributed by atoms with van der Waals surface area (Å²) in [6.45, 7) is 2.37. The van der Waals surface area contributed by atoms with Gasteiger partial charge in [0.1, 0.15) is 0 Å². The number of aliphatic hydroxyl groups excluding tert-OH is 1. The lowest BCUT2D eigenvalue weighted by atomic mass is 10.1. The van der Waals surface area contributed by atoms with Gasteiger partial charge in [0.15, 0.2) is 0 Å². The van der Waals surface area contributed by atoms with Crippen molar-refractivity contribution in [3.05, 3.63) is 56.7 Å². The van der Waals surface area contributed by atoms with E-state index in [0.29, 0.717) is 22.9 Å². The molecule has 0 radical (unpaired) electrons. The normalized spacial score (nSPS) is 12.2. The summed E-state index contributed by atoms with van der Waals surface area (Å²) in [5.41, 5.74) is 1.85. The predicted molar refractivity (Wildman–Crippen MR) is 82.4 cm³/mol. The van der Waals surface area contributed by atoms with Crippen LogP contribution in [0.2, 0.25) is 5.02 Å². The number of thiophene rings is 1. The molecule has 0 aliphatic rings. The molecule has 1 amide bonds. The zero-order valence-electron chi connectivity index (χ0n) is 11.1. The molecule has 0 spiro atoms. The zero-order valence-corrected chi connectivity index (χ0v) is 12.7. The monoisotopic (exact) mass is 309 g/mol. The molecule has 1 atom stereocenters. The van der Waals surface area contributed by atoms with Crippen LogP contribution in [0.25, 0.3) is 0 Å². The van der Waals surface area contributed by atoms with Gasteiger partial charge in [0, 0.05) is 11.6 Å². The molecule has 20 heavy (non-hydrogen) atoms. The van der Waals surface area contributed by atoms with Crippen LogP contribution in [0.3, 0.4) is 0 Å². The number of rotatable bonds is 5. The quantitative estimate of drug-likeness (QED) is 0.887. The van der Waals surface area contributed by atoms with Gasteiger partial charge in [0.05, 0.1) is 11.0 Å². The molecule has 0 unspecified atom stereocenters. The van der Waals surface area contributed by atoms with Crippen LogP contribution in [-0.4, -0.2) is 17.6 Å². The van der Waals surface area contributed by atoms with Crippen molar-refractivity contribution in [1.82, 2.24) is 5.32 Å². The highest BCUT2D eigenvalue weighted by molar-refractivity contribution is 7.12. The van der Waals surface area contributed by atoms with Gasteiger partial charge in [-0.3, -0.25) is 4.79 Å². The van der Waals surface area contributed by atoms with Crippen LogP contribution >= 0.6 is 22.9 Å². The van der Waals surface area contributed by atoms with Crippen molar-refractivity contribution in [2.75, 3.05) is 6.54 Å². The first-order valence-corrected chi connectivity index (χ1v) is 7.59. The number of carbonyl (C=O) groups excluding carboxylic acids is 1. The minimum absolute atomic E-state index is 0.0959. The van der Waals surface area contributed by atoms with E-state index in [-0.39, 0.29) is 5.91 Å². The van der Waals surface area contributed by atoms with Crippen molar-refractivity contribution in [1.29, 1.82) is 0 Å². The second-order valence-corrected chi connectivity index (χ2v) is 5.95. The molecule has 106 valence electrons. The number of carbonyl (C=O) groups is 1. The third-order valence-corrected chi connectivity index (χ3v) is 4.17. The Morgan fingerprint density at radius 3 is 2.90 bits per heavy atom. The first kappa shape index (κ1) is 15.0. The number of aliphatic hydroxyl groups is 1. The van der Waals surface area contributed by atoms with Gasteiger partial charge >= 0.3 is 0 Å². The lowest BCUT2D eigenvalue weighted by Gasteiger charge is -2.11. The molecule has 2 N–H and O–H groups in total. The smallest absolute Gasteiger partial charge is 0.261 e. The number of benzene rings is 1. The summed E-state index contributed by atoms with van der Waals surface area (Å²) in [5, 5.41) is 15.4. The Balaban J connectivity index is 1.82.